The molecule has 2 aromatic heterocycles. The number of carbonyl (C=O) groups is 1. The predicted molar refractivity (Wildman–Crippen MR) is 163 cm³/mol. The van der Waals surface area contributed by atoms with Crippen LogP contribution in [0.3, 0.4) is 0 Å². The second-order valence-electron chi connectivity index (χ2n) is 11.6. The minimum absolute atomic E-state index is 0.154. The summed E-state index contributed by atoms with van der Waals surface area (Å²) in [4.78, 5) is 21.6. The number of nitrogen functional groups attached to an aromatic ring is 1. The normalized spacial score (nSPS) is 18.7. The van der Waals surface area contributed by atoms with Crippen LogP contribution in [0, 0.1) is 12.3 Å². The van der Waals surface area contributed by atoms with Crippen molar-refractivity contribution >= 4 is 29.3 Å². The highest BCUT2D eigenvalue weighted by Gasteiger charge is 2.46. The van der Waals surface area contributed by atoms with E-state index in [9.17, 15) is 23.1 Å². The van der Waals surface area contributed by atoms with E-state index >= 15 is 0 Å². The standard InChI is InChI=1S/C31H31ClF3N7O3/c1-18-8-11-42(40-18)24-14-20(19-2-5-21(32)6-3-19)4-7-22(24)27(31(33,34)35)45-26-15-25(38-29(36)39-26)41-12-9-30(10-13-41)16-23(28(43)44)37-17-30/h2-8,11,14-15,23,27,37H,9-10,12-13,16-17H2,1H3,(H,43,44)(H2,36,38,39)/t23-,27+/m0/s1. The van der Waals surface area contributed by atoms with Gasteiger partial charge in [0.05, 0.1) is 11.4 Å². The first-order valence-corrected chi connectivity index (χ1v) is 14.8. The summed E-state index contributed by atoms with van der Waals surface area (Å²) in [6.45, 7) is 3.40. The molecule has 4 N–H and O–H groups in total. The SMILES string of the molecule is Cc1ccn(-c2cc(-c3ccc(Cl)cc3)ccc2[C@@H](Oc2cc(N3CCC4(CC3)CN[C@H](C(=O)O)C4)nc(N)n2)C(F)(F)F)n1. The summed E-state index contributed by atoms with van der Waals surface area (Å²) in [5.41, 5.74) is 7.90. The summed E-state index contributed by atoms with van der Waals surface area (Å²) in [7, 11) is 0. The van der Waals surface area contributed by atoms with E-state index in [2.05, 4.69) is 20.4 Å². The molecule has 236 valence electrons. The Hall–Kier alpha value is -4.36. The summed E-state index contributed by atoms with van der Waals surface area (Å²) in [5, 5.41) is 17.4. The molecule has 0 aliphatic carbocycles. The van der Waals surface area contributed by atoms with Crippen LogP contribution in [0.15, 0.2) is 60.8 Å². The molecule has 4 heterocycles. The van der Waals surface area contributed by atoms with Crippen LogP contribution in [0.5, 0.6) is 5.88 Å². The number of nitrogens with zero attached hydrogens (tertiary/aromatic N) is 5. The minimum Gasteiger partial charge on any atom is -0.480 e. The van der Waals surface area contributed by atoms with Crippen molar-refractivity contribution in [2.24, 2.45) is 5.41 Å². The highest BCUT2D eigenvalue weighted by Crippen LogP contribution is 2.43. The average molecular weight is 642 g/mol. The van der Waals surface area contributed by atoms with Crippen LogP contribution in [0.2, 0.25) is 5.02 Å². The molecule has 14 heteroatoms. The second-order valence-corrected chi connectivity index (χ2v) is 12.0. The lowest BCUT2D eigenvalue weighted by atomic mass is 9.76. The number of carboxylic acids is 1. The van der Waals surface area contributed by atoms with Crippen LogP contribution in [-0.2, 0) is 4.79 Å². The van der Waals surface area contributed by atoms with Gasteiger partial charge in [0.25, 0.3) is 0 Å². The molecule has 0 bridgehead atoms. The smallest absolute Gasteiger partial charge is 0.429 e. The number of aryl methyl sites for hydroxylation is 1. The Labute approximate surface area is 262 Å². The molecular formula is C31H31ClF3N7O3. The number of aliphatic carboxylic acids is 1. The van der Waals surface area contributed by atoms with Crippen molar-refractivity contribution in [3.05, 3.63) is 77.1 Å². The van der Waals surface area contributed by atoms with Crippen molar-refractivity contribution in [1.82, 2.24) is 25.1 Å². The molecule has 2 atom stereocenters. The first-order valence-electron chi connectivity index (χ1n) is 14.4. The molecule has 0 unspecified atom stereocenters. The fraction of sp³-hybridized carbons (Fsp3) is 0.355. The summed E-state index contributed by atoms with van der Waals surface area (Å²) < 4.78 is 51.3. The highest BCUT2D eigenvalue weighted by molar-refractivity contribution is 6.30. The molecule has 2 saturated heterocycles. The zero-order valence-electron chi connectivity index (χ0n) is 24.3. The highest BCUT2D eigenvalue weighted by atomic mass is 35.5. The molecular weight excluding hydrogens is 611 g/mol. The Morgan fingerprint density at radius 2 is 1.82 bits per heavy atom. The van der Waals surface area contributed by atoms with E-state index in [1.54, 1.807) is 55.6 Å². The van der Waals surface area contributed by atoms with Gasteiger partial charge in [-0.05, 0) is 67.0 Å². The number of hydrogen-bond donors (Lipinski definition) is 3. The number of halogens is 4. The van der Waals surface area contributed by atoms with Crippen LogP contribution in [0.4, 0.5) is 24.9 Å². The van der Waals surface area contributed by atoms with Crippen molar-refractivity contribution in [3.63, 3.8) is 0 Å². The number of nitrogens with one attached hydrogen (secondary N) is 1. The molecule has 4 aromatic rings. The molecule has 1 spiro atoms. The molecule has 0 amide bonds. The maximum Gasteiger partial charge on any atom is 0.429 e. The average Bonchev–Trinajstić information content (AvgIpc) is 3.62. The van der Waals surface area contributed by atoms with Gasteiger partial charge in [-0.3, -0.25) is 4.79 Å². The number of hydrogen-bond acceptors (Lipinski definition) is 8. The van der Waals surface area contributed by atoms with Crippen LogP contribution >= 0.6 is 11.6 Å². The van der Waals surface area contributed by atoms with Gasteiger partial charge in [-0.15, -0.1) is 0 Å². The van der Waals surface area contributed by atoms with Crippen LogP contribution in [0.25, 0.3) is 16.8 Å². The number of alkyl halides is 3. The van der Waals surface area contributed by atoms with Gasteiger partial charge in [0, 0.05) is 42.5 Å². The van der Waals surface area contributed by atoms with Crippen LogP contribution in [-0.4, -0.2) is 62.7 Å². The number of ether oxygens (including phenoxy) is 1. The number of nitrogens with two attached hydrogens (primary N) is 1. The zero-order chi connectivity index (χ0) is 31.9. The van der Waals surface area contributed by atoms with Crippen molar-refractivity contribution in [3.8, 4) is 22.7 Å². The Morgan fingerprint density at radius 1 is 1.11 bits per heavy atom. The third kappa shape index (κ3) is 6.54. The Morgan fingerprint density at radius 3 is 2.44 bits per heavy atom. The van der Waals surface area contributed by atoms with Gasteiger partial charge in [0.2, 0.25) is 17.9 Å². The van der Waals surface area contributed by atoms with E-state index in [1.807, 2.05) is 4.90 Å². The van der Waals surface area contributed by atoms with Gasteiger partial charge < -0.3 is 25.8 Å². The monoisotopic (exact) mass is 641 g/mol. The van der Waals surface area contributed by atoms with Crippen molar-refractivity contribution in [2.45, 2.75) is 44.5 Å². The van der Waals surface area contributed by atoms with E-state index in [-0.39, 0.29) is 28.5 Å². The molecule has 2 aliphatic heterocycles. The zero-order valence-corrected chi connectivity index (χ0v) is 25.0. The van der Waals surface area contributed by atoms with E-state index in [0.29, 0.717) is 61.0 Å². The lowest BCUT2D eigenvalue weighted by molar-refractivity contribution is -0.198. The molecule has 2 fully saturated rings. The van der Waals surface area contributed by atoms with Crippen LogP contribution in [0.1, 0.15) is 36.6 Å². The van der Waals surface area contributed by atoms with Gasteiger partial charge in [-0.25, -0.2) is 4.68 Å². The molecule has 0 radical (unpaired) electrons. The minimum atomic E-state index is -4.83. The largest absolute Gasteiger partial charge is 0.480 e. The van der Waals surface area contributed by atoms with Gasteiger partial charge in [0.15, 0.2) is 0 Å². The molecule has 2 aliphatic rings. The molecule has 45 heavy (non-hydrogen) atoms. The first-order chi connectivity index (χ1) is 21.4. The number of rotatable bonds is 7. The second kappa shape index (κ2) is 11.9. The van der Waals surface area contributed by atoms with E-state index in [1.165, 1.54) is 16.8 Å². The number of aromatic nitrogens is 4. The summed E-state index contributed by atoms with van der Waals surface area (Å²) in [6.07, 6.45) is -3.72. The van der Waals surface area contributed by atoms with Crippen molar-refractivity contribution in [2.75, 3.05) is 30.3 Å². The maximum atomic E-state index is 14.8. The quantitative estimate of drug-likeness (QED) is 0.236. The van der Waals surface area contributed by atoms with E-state index in [0.717, 1.165) is 5.56 Å². The number of carboxylic acid groups (broad SMARTS) is 1. The molecule has 6 rings (SSSR count). The fourth-order valence-electron chi connectivity index (χ4n) is 6.10. The number of benzene rings is 2. The Bertz CT molecular complexity index is 1710. The molecule has 0 saturated carbocycles. The Balaban J connectivity index is 1.30. The van der Waals surface area contributed by atoms with Gasteiger partial charge in [-0.1, -0.05) is 35.9 Å². The number of anilines is 2. The van der Waals surface area contributed by atoms with Crippen molar-refractivity contribution in [1.29, 1.82) is 0 Å². The lowest BCUT2D eigenvalue weighted by Crippen LogP contribution is -2.41. The van der Waals surface area contributed by atoms with Crippen molar-refractivity contribution < 1.29 is 27.8 Å². The van der Waals surface area contributed by atoms with Gasteiger partial charge in [0.1, 0.15) is 11.9 Å². The van der Waals surface area contributed by atoms with Crippen LogP contribution < -0.4 is 20.7 Å². The topological polar surface area (TPSA) is 131 Å². The van der Waals surface area contributed by atoms with Gasteiger partial charge >= 0.3 is 12.1 Å². The first kappa shape index (κ1) is 30.7. The third-order valence-corrected chi connectivity index (χ3v) is 8.76. The Kier molecular flexibility index (Phi) is 8.08. The summed E-state index contributed by atoms with van der Waals surface area (Å²) >= 11 is 6.04. The van der Waals surface area contributed by atoms with E-state index < -0.39 is 24.3 Å². The van der Waals surface area contributed by atoms with E-state index in [4.69, 9.17) is 22.1 Å². The number of piperidine rings is 1. The summed E-state index contributed by atoms with van der Waals surface area (Å²) in [5.74, 6) is -1.07. The summed E-state index contributed by atoms with van der Waals surface area (Å²) in [6, 6.07) is 14.1. The maximum absolute atomic E-state index is 14.8. The fourth-order valence-corrected chi connectivity index (χ4v) is 6.22. The third-order valence-electron chi connectivity index (χ3n) is 8.51. The van der Waals surface area contributed by atoms with Gasteiger partial charge in [-0.2, -0.15) is 28.2 Å². The molecule has 10 nitrogen and oxygen atoms in total. The predicted octanol–water partition coefficient (Wildman–Crippen LogP) is 5.59. The lowest BCUT2D eigenvalue weighted by Gasteiger charge is -2.39. The molecule has 2 aromatic carbocycles.